The molecule has 2 aromatic carbocycles. The minimum absolute atomic E-state index is 0.185. The Balaban J connectivity index is 1.33. The van der Waals surface area contributed by atoms with Crippen molar-refractivity contribution in [1.29, 1.82) is 0 Å². The lowest BCUT2D eigenvalue weighted by molar-refractivity contribution is 0.0641. The van der Waals surface area contributed by atoms with Gasteiger partial charge in [-0.05, 0) is 61.9 Å². The molecule has 1 saturated heterocycles. The first-order valence-corrected chi connectivity index (χ1v) is 14.8. The normalized spacial score (nSPS) is 16.4. The number of aromatic nitrogens is 3. The van der Waals surface area contributed by atoms with Crippen molar-refractivity contribution in [3.05, 3.63) is 77.2 Å². The van der Waals surface area contributed by atoms with Crippen LogP contribution in [0.4, 0.5) is 4.39 Å². The number of methoxy groups -OCH3 is 1. The molecule has 5 rings (SSSR count). The number of ether oxygens (including phenoxy) is 1. The highest BCUT2D eigenvalue weighted by atomic mass is 32.2. The van der Waals surface area contributed by atoms with Gasteiger partial charge in [-0.1, -0.05) is 6.92 Å². The highest BCUT2D eigenvalue weighted by molar-refractivity contribution is 7.89. The van der Waals surface area contributed by atoms with Crippen molar-refractivity contribution in [1.82, 2.24) is 24.0 Å². The zero-order valence-corrected chi connectivity index (χ0v) is 23.4. The molecule has 0 spiro atoms. The van der Waals surface area contributed by atoms with E-state index in [1.807, 2.05) is 12.3 Å². The first-order valence-electron chi connectivity index (χ1n) is 12.5. The molecular weight excluding hydrogens is 541 g/mol. The molecule has 204 valence electrons. The third kappa shape index (κ3) is 5.19. The van der Waals surface area contributed by atoms with Gasteiger partial charge >= 0.3 is 0 Å². The first-order chi connectivity index (χ1) is 18.7. The number of hydrogen-bond acceptors (Lipinski definition) is 7. The van der Waals surface area contributed by atoms with Gasteiger partial charge in [0.15, 0.2) is 0 Å². The fourth-order valence-electron chi connectivity index (χ4n) is 4.71. The van der Waals surface area contributed by atoms with Gasteiger partial charge in [0.2, 0.25) is 15.2 Å². The molecule has 1 aliphatic heterocycles. The number of piperazine rings is 1. The molecule has 0 N–H and O–H groups in total. The van der Waals surface area contributed by atoms with E-state index in [1.165, 1.54) is 47.0 Å². The van der Waals surface area contributed by atoms with Crippen molar-refractivity contribution in [2.24, 2.45) is 0 Å². The Kier molecular flexibility index (Phi) is 7.52. The topological polar surface area (TPSA) is 97.6 Å². The summed E-state index contributed by atoms with van der Waals surface area (Å²) < 4.78 is 48.1. The summed E-state index contributed by atoms with van der Waals surface area (Å²) in [5.74, 6) is 0.0714. The summed E-state index contributed by atoms with van der Waals surface area (Å²) in [5, 5.41) is 6.94. The first kappa shape index (κ1) is 27.0. The second kappa shape index (κ2) is 10.9. The predicted octanol–water partition coefficient (Wildman–Crippen LogP) is 4.24. The maximum Gasteiger partial charge on any atom is 0.257 e. The summed E-state index contributed by atoms with van der Waals surface area (Å²) in [6.07, 6.45) is 2.10. The molecule has 2 aromatic heterocycles. The minimum atomic E-state index is -3.72. The Morgan fingerprint density at radius 3 is 2.49 bits per heavy atom. The molecular formula is C27H28FN5O4S2. The largest absolute Gasteiger partial charge is 0.497 e. The molecule has 0 bridgehead atoms. The Hall–Kier alpha value is -3.61. The van der Waals surface area contributed by atoms with Crippen molar-refractivity contribution in [2.75, 3.05) is 26.7 Å². The predicted molar refractivity (Wildman–Crippen MR) is 146 cm³/mol. The summed E-state index contributed by atoms with van der Waals surface area (Å²) in [6.45, 7) is 4.45. The standard InChI is InChI=1S/C27H28FN5O4S2/c1-4-25-23(15-29-33(25)27-30-24(17-38-27)19-5-7-20(28)8-6-19)26(34)31-13-14-32(18(2)16-31)39(35,36)22-11-9-21(37-3)10-12-22/h5-12,15,17-18H,4,13-14,16H2,1-3H3. The van der Waals surface area contributed by atoms with E-state index < -0.39 is 16.1 Å². The molecule has 3 heterocycles. The van der Waals surface area contributed by atoms with Crippen LogP contribution >= 0.6 is 11.3 Å². The average molecular weight is 570 g/mol. The van der Waals surface area contributed by atoms with Gasteiger partial charge in [-0.2, -0.15) is 9.40 Å². The van der Waals surface area contributed by atoms with Crippen LogP contribution in [0.3, 0.4) is 0 Å². The van der Waals surface area contributed by atoms with Crippen LogP contribution in [0.2, 0.25) is 0 Å². The molecule has 1 aliphatic rings. The zero-order chi connectivity index (χ0) is 27.7. The number of sulfonamides is 1. The Morgan fingerprint density at radius 1 is 1.13 bits per heavy atom. The molecule has 4 aromatic rings. The summed E-state index contributed by atoms with van der Waals surface area (Å²) in [4.78, 5) is 20.1. The summed E-state index contributed by atoms with van der Waals surface area (Å²) in [5.41, 5.74) is 2.68. The van der Waals surface area contributed by atoms with E-state index in [-0.39, 0.29) is 36.3 Å². The highest BCUT2D eigenvalue weighted by Gasteiger charge is 2.36. The van der Waals surface area contributed by atoms with Crippen molar-refractivity contribution in [3.8, 4) is 22.1 Å². The third-order valence-corrected chi connectivity index (χ3v) is 9.61. The number of rotatable bonds is 7. The van der Waals surface area contributed by atoms with Crippen LogP contribution < -0.4 is 4.74 Å². The Labute approximate surface area is 230 Å². The van der Waals surface area contributed by atoms with Gasteiger partial charge < -0.3 is 9.64 Å². The van der Waals surface area contributed by atoms with Crippen molar-refractivity contribution in [2.45, 2.75) is 31.2 Å². The van der Waals surface area contributed by atoms with Gasteiger partial charge in [0.25, 0.3) is 5.91 Å². The Morgan fingerprint density at radius 2 is 1.85 bits per heavy atom. The number of carbonyl (C=O) groups is 1. The van der Waals surface area contributed by atoms with Gasteiger partial charge in [0.1, 0.15) is 11.6 Å². The molecule has 39 heavy (non-hydrogen) atoms. The lowest BCUT2D eigenvalue weighted by Crippen LogP contribution is -2.55. The van der Waals surface area contributed by atoms with Gasteiger partial charge in [-0.15, -0.1) is 11.3 Å². The fourth-order valence-corrected chi connectivity index (χ4v) is 7.14. The lowest BCUT2D eigenvalue weighted by Gasteiger charge is -2.38. The number of hydrogen-bond donors (Lipinski definition) is 0. The second-order valence-electron chi connectivity index (χ2n) is 9.18. The van der Waals surface area contributed by atoms with Gasteiger partial charge in [-0.3, -0.25) is 4.79 Å². The maximum absolute atomic E-state index is 13.6. The van der Waals surface area contributed by atoms with Gasteiger partial charge in [-0.25, -0.2) is 22.5 Å². The third-order valence-electron chi connectivity index (χ3n) is 6.77. The van der Waals surface area contributed by atoms with E-state index in [1.54, 1.807) is 47.0 Å². The van der Waals surface area contributed by atoms with Crippen LogP contribution in [0.15, 0.2) is 65.0 Å². The van der Waals surface area contributed by atoms with E-state index in [4.69, 9.17) is 4.74 Å². The van der Waals surface area contributed by atoms with Crippen molar-refractivity contribution < 1.29 is 22.3 Å². The number of amides is 1. The SMILES string of the molecule is CCc1c(C(=O)N2CCN(S(=O)(=O)c3ccc(OC)cc3)C(C)C2)cnn1-c1nc(-c2ccc(F)cc2)cs1. The summed E-state index contributed by atoms with van der Waals surface area (Å²) in [7, 11) is -2.20. The highest BCUT2D eigenvalue weighted by Crippen LogP contribution is 2.28. The maximum atomic E-state index is 13.6. The molecule has 1 atom stereocenters. The van der Waals surface area contributed by atoms with Gasteiger partial charge in [0, 0.05) is 36.6 Å². The number of halogens is 1. The van der Waals surface area contributed by atoms with Crippen LogP contribution in [0.5, 0.6) is 5.75 Å². The second-order valence-corrected chi connectivity index (χ2v) is 11.9. The average Bonchev–Trinajstić information content (AvgIpc) is 3.60. The molecule has 0 aliphatic carbocycles. The number of benzene rings is 2. The van der Waals surface area contributed by atoms with Crippen LogP contribution in [-0.2, 0) is 16.4 Å². The molecule has 0 saturated carbocycles. The van der Waals surface area contributed by atoms with E-state index in [0.717, 1.165) is 11.3 Å². The van der Waals surface area contributed by atoms with Crippen LogP contribution in [0.1, 0.15) is 29.9 Å². The zero-order valence-electron chi connectivity index (χ0n) is 21.7. The number of nitrogens with zero attached hydrogens (tertiary/aromatic N) is 5. The van der Waals surface area contributed by atoms with Crippen LogP contribution in [0.25, 0.3) is 16.4 Å². The molecule has 1 fully saturated rings. The summed E-state index contributed by atoms with van der Waals surface area (Å²) in [6, 6.07) is 12.0. The molecule has 12 heteroatoms. The minimum Gasteiger partial charge on any atom is -0.497 e. The monoisotopic (exact) mass is 569 g/mol. The van der Waals surface area contributed by atoms with Crippen molar-refractivity contribution in [3.63, 3.8) is 0 Å². The summed E-state index contributed by atoms with van der Waals surface area (Å²) >= 11 is 1.38. The van der Waals surface area contributed by atoms with Crippen molar-refractivity contribution >= 4 is 27.3 Å². The van der Waals surface area contributed by atoms with E-state index in [2.05, 4.69) is 10.1 Å². The van der Waals surface area contributed by atoms with Crippen LogP contribution in [-0.4, -0.2) is 71.1 Å². The molecule has 1 amide bonds. The smallest absolute Gasteiger partial charge is 0.257 e. The lowest BCUT2D eigenvalue weighted by atomic mass is 10.1. The van der Waals surface area contributed by atoms with E-state index >= 15 is 0 Å². The van der Waals surface area contributed by atoms with Crippen LogP contribution in [0, 0.1) is 5.82 Å². The molecule has 1 unspecified atom stereocenters. The Bertz CT molecular complexity index is 1580. The molecule has 9 nitrogen and oxygen atoms in total. The van der Waals surface area contributed by atoms with Gasteiger partial charge in [0.05, 0.1) is 35.2 Å². The molecule has 0 radical (unpaired) electrons. The fraction of sp³-hybridized carbons (Fsp3) is 0.296. The number of thiazole rings is 1. The van der Waals surface area contributed by atoms with E-state index in [9.17, 15) is 17.6 Å². The number of carbonyl (C=O) groups excluding carboxylic acids is 1. The quantitative estimate of drug-likeness (QED) is 0.330. The van der Waals surface area contributed by atoms with E-state index in [0.29, 0.717) is 28.6 Å².